The predicted molar refractivity (Wildman–Crippen MR) is 113 cm³/mol. The van der Waals surface area contributed by atoms with E-state index in [1.54, 1.807) is 23.6 Å². The predicted octanol–water partition coefficient (Wildman–Crippen LogP) is 2.86. The van der Waals surface area contributed by atoms with E-state index in [1.165, 1.54) is 0 Å². The van der Waals surface area contributed by atoms with Crippen LogP contribution in [-0.2, 0) is 11.0 Å². The van der Waals surface area contributed by atoms with Crippen molar-refractivity contribution in [3.63, 3.8) is 0 Å². The van der Waals surface area contributed by atoms with Gasteiger partial charge < -0.3 is 20.6 Å². The number of aliphatic hydroxyl groups is 1. The minimum absolute atomic E-state index is 0. The van der Waals surface area contributed by atoms with Crippen molar-refractivity contribution >= 4 is 36.5 Å². The van der Waals surface area contributed by atoms with Gasteiger partial charge in [-0.2, -0.15) is 13.2 Å². The number of rotatable bonds is 3. The molecule has 1 saturated carbocycles. The van der Waals surface area contributed by atoms with Gasteiger partial charge in [0.15, 0.2) is 0 Å². The van der Waals surface area contributed by atoms with Gasteiger partial charge in [0.1, 0.15) is 5.82 Å². The summed E-state index contributed by atoms with van der Waals surface area (Å²) >= 11 is 0. The lowest BCUT2D eigenvalue weighted by Gasteiger charge is -2.45. The highest BCUT2D eigenvalue weighted by molar-refractivity contribution is 5.86. The Morgan fingerprint density at radius 2 is 1.83 bits per heavy atom. The van der Waals surface area contributed by atoms with Crippen LogP contribution in [0.4, 0.5) is 19.0 Å². The summed E-state index contributed by atoms with van der Waals surface area (Å²) < 4.78 is 38.8. The second-order valence-electron chi connectivity index (χ2n) is 8.32. The first-order chi connectivity index (χ1) is 12.9. The molecule has 172 valence electrons. The normalized spacial score (nSPS) is 24.8. The zero-order valence-electron chi connectivity index (χ0n) is 17.0. The van der Waals surface area contributed by atoms with Crippen LogP contribution in [0.2, 0.25) is 0 Å². The summed E-state index contributed by atoms with van der Waals surface area (Å²) in [7, 11) is 0. The Morgan fingerprint density at radius 3 is 2.30 bits per heavy atom. The first-order valence-corrected chi connectivity index (χ1v) is 9.49. The lowest BCUT2D eigenvalue weighted by molar-refractivity contribution is -0.158. The van der Waals surface area contributed by atoms with Crippen molar-refractivity contribution < 1.29 is 23.1 Å². The van der Waals surface area contributed by atoms with Crippen LogP contribution >= 0.6 is 24.8 Å². The van der Waals surface area contributed by atoms with Crippen molar-refractivity contribution in [3.8, 4) is 0 Å². The lowest BCUT2D eigenvalue weighted by atomic mass is 9.71. The van der Waals surface area contributed by atoms with Crippen molar-refractivity contribution in [2.75, 3.05) is 31.1 Å². The zero-order valence-corrected chi connectivity index (χ0v) is 18.6. The molecule has 6 nitrogen and oxygen atoms in total. The molecule has 11 heteroatoms. The molecule has 0 bridgehead atoms. The van der Waals surface area contributed by atoms with E-state index in [-0.39, 0.29) is 42.6 Å². The number of hydrogen-bond acceptors (Lipinski definition) is 5. The van der Waals surface area contributed by atoms with E-state index < -0.39 is 22.8 Å². The molecule has 2 aliphatic rings. The minimum Gasteiger partial charge on any atom is -0.389 e. The summed E-state index contributed by atoms with van der Waals surface area (Å²) in [5.74, 6) is 0.131. The van der Waals surface area contributed by atoms with Gasteiger partial charge >= 0.3 is 6.18 Å². The number of nitrogens with two attached hydrogens (primary N) is 1. The van der Waals surface area contributed by atoms with Gasteiger partial charge in [-0.05, 0) is 45.2 Å². The number of aromatic nitrogens is 1. The molecule has 30 heavy (non-hydrogen) atoms. The molecule has 2 heterocycles. The van der Waals surface area contributed by atoms with Gasteiger partial charge in [0.25, 0.3) is 0 Å². The van der Waals surface area contributed by atoms with Crippen LogP contribution in [0.3, 0.4) is 0 Å². The van der Waals surface area contributed by atoms with Crippen LogP contribution < -0.4 is 10.6 Å². The summed E-state index contributed by atoms with van der Waals surface area (Å²) in [6.45, 7) is 4.78. The Balaban J connectivity index is 0.00000225. The van der Waals surface area contributed by atoms with Gasteiger partial charge in [0.2, 0.25) is 5.91 Å². The van der Waals surface area contributed by atoms with E-state index in [2.05, 4.69) is 4.98 Å². The lowest BCUT2D eigenvalue weighted by Crippen LogP contribution is -2.58. The maximum atomic E-state index is 13.3. The third-order valence-corrected chi connectivity index (χ3v) is 6.10. The zero-order chi connectivity index (χ0) is 20.7. The number of alkyl halides is 3. The van der Waals surface area contributed by atoms with Gasteiger partial charge in [-0.15, -0.1) is 24.8 Å². The third kappa shape index (κ3) is 5.12. The van der Waals surface area contributed by atoms with Gasteiger partial charge in [0.05, 0.1) is 16.6 Å². The average Bonchev–Trinajstić information content (AvgIpc) is 3.04. The van der Waals surface area contributed by atoms with Crippen LogP contribution in [-0.4, -0.2) is 58.7 Å². The van der Waals surface area contributed by atoms with Crippen molar-refractivity contribution in [2.45, 2.75) is 50.9 Å². The number of hydrogen-bond donors (Lipinski definition) is 2. The fourth-order valence-corrected chi connectivity index (χ4v) is 4.30. The third-order valence-electron chi connectivity index (χ3n) is 6.10. The number of anilines is 1. The standard InChI is InChI=1S/C19H27F3N4O2.2ClH/c1-17(2,28)18(5-3-14(23)12-18)16(27)26-9-7-25(8-10-26)15-11-13(4-6-24-15)19(20,21)22;;/h4,6,11,14,28H,3,5,7-10,12,23H2,1-2H3;2*1H/t14-,18+;;/m0../s1. The number of carbonyl (C=O) groups excluding carboxylic acids is 1. The number of piperazine rings is 1. The van der Waals surface area contributed by atoms with Gasteiger partial charge in [-0.1, -0.05) is 0 Å². The summed E-state index contributed by atoms with van der Waals surface area (Å²) in [5, 5.41) is 10.7. The van der Waals surface area contributed by atoms with Crippen LogP contribution in [0.25, 0.3) is 0 Å². The highest BCUT2D eigenvalue weighted by Crippen LogP contribution is 2.47. The van der Waals surface area contributed by atoms with Crippen molar-refractivity contribution in [1.82, 2.24) is 9.88 Å². The second kappa shape index (κ2) is 9.46. The average molecular weight is 473 g/mol. The Labute approximate surface area is 186 Å². The monoisotopic (exact) mass is 472 g/mol. The van der Waals surface area contributed by atoms with Crippen molar-refractivity contribution in [3.05, 3.63) is 23.9 Å². The second-order valence-corrected chi connectivity index (χ2v) is 8.32. The van der Waals surface area contributed by atoms with Gasteiger partial charge in [0, 0.05) is 38.4 Å². The molecule has 0 radical (unpaired) electrons. The topological polar surface area (TPSA) is 82.7 Å². The molecule has 2 atom stereocenters. The highest BCUT2D eigenvalue weighted by Gasteiger charge is 2.55. The van der Waals surface area contributed by atoms with E-state index in [0.717, 1.165) is 18.3 Å². The summed E-state index contributed by atoms with van der Waals surface area (Å²) in [6, 6.07) is 1.86. The molecule has 3 N–H and O–H groups in total. The van der Waals surface area contributed by atoms with Crippen LogP contribution in [0.5, 0.6) is 0 Å². The highest BCUT2D eigenvalue weighted by atomic mass is 35.5. The number of pyridine rings is 1. The molecule has 1 aromatic heterocycles. The maximum Gasteiger partial charge on any atom is 0.416 e. The maximum absolute atomic E-state index is 13.3. The van der Waals surface area contributed by atoms with E-state index in [4.69, 9.17) is 5.73 Å². The fourth-order valence-electron chi connectivity index (χ4n) is 4.30. The molecule has 1 aliphatic carbocycles. The molecule has 0 unspecified atom stereocenters. The summed E-state index contributed by atoms with van der Waals surface area (Å²) in [5.41, 5.74) is 3.18. The van der Waals surface area contributed by atoms with E-state index in [1.807, 2.05) is 0 Å². The van der Waals surface area contributed by atoms with Gasteiger partial charge in [-0.3, -0.25) is 4.79 Å². The molecule has 1 aromatic rings. The molecule has 3 rings (SSSR count). The molecule has 1 saturated heterocycles. The largest absolute Gasteiger partial charge is 0.416 e. The smallest absolute Gasteiger partial charge is 0.389 e. The molecule has 0 aromatic carbocycles. The molecule has 1 aliphatic heterocycles. The molecule has 2 fully saturated rings. The molecule has 0 spiro atoms. The Hall–Kier alpha value is -1.29. The van der Waals surface area contributed by atoms with Crippen LogP contribution in [0.15, 0.2) is 18.3 Å². The molecular weight excluding hydrogens is 444 g/mol. The van der Waals surface area contributed by atoms with Crippen LogP contribution in [0, 0.1) is 5.41 Å². The minimum atomic E-state index is -4.42. The van der Waals surface area contributed by atoms with Gasteiger partial charge in [-0.25, -0.2) is 4.98 Å². The Kier molecular flexibility index (Phi) is 8.43. The quantitative estimate of drug-likeness (QED) is 0.706. The van der Waals surface area contributed by atoms with Crippen LogP contribution in [0.1, 0.15) is 38.7 Å². The van der Waals surface area contributed by atoms with Crippen molar-refractivity contribution in [2.24, 2.45) is 11.1 Å². The number of nitrogens with zero attached hydrogens (tertiary/aromatic N) is 3. The summed E-state index contributed by atoms with van der Waals surface area (Å²) in [4.78, 5) is 20.8. The fraction of sp³-hybridized carbons (Fsp3) is 0.684. The summed E-state index contributed by atoms with van der Waals surface area (Å²) in [6.07, 6.45) is -1.62. The molecular formula is C19H29Cl2F3N4O2. The number of halogens is 5. The number of amides is 1. The molecule has 1 amide bonds. The van der Waals surface area contributed by atoms with E-state index in [9.17, 15) is 23.1 Å². The van der Waals surface area contributed by atoms with Crippen molar-refractivity contribution in [1.29, 1.82) is 0 Å². The number of carbonyl (C=O) groups is 1. The first kappa shape index (κ1) is 26.7. The van der Waals surface area contributed by atoms with E-state index in [0.29, 0.717) is 45.4 Å². The Morgan fingerprint density at radius 1 is 1.23 bits per heavy atom. The Bertz CT molecular complexity index is 737. The van der Waals surface area contributed by atoms with E-state index >= 15 is 0 Å². The first-order valence-electron chi connectivity index (χ1n) is 9.49. The SMILES string of the molecule is CC(C)(O)[C@]1(C(=O)N2CCN(c3cc(C(F)(F)F)ccn3)CC2)CC[C@H](N)C1.Cl.Cl.